The van der Waals surface area contributed by atoms with Gasteiger partial charge in [-0.3, -0.25) is 4.79 Å². The van der Waals surface area contributed by atoms with E-state index in [2.05, 4.69) is 26.5 Å². The Morgan fingerprint density at radius 1 is 1.00 bits per heavy atom. The van der Waals surface area contributed by atoms with Gasteiger partial charge in [-0.05, 0) is 83.4 Å². The number of hydrazone groups is 1. The van der Waals surface area contributed by atoms with Gasteiger partial charge in [-0.25, -0.2) is 9.82 Å². The van der Waals surface area contributed by atoms with Crippen LogP contribution in [0.4, 0.5) is 4.39 Å². The number of rotatable bonds is 11. The first kappa shape index (κ1) is 26.0. The molecule has 0 aromatic heterocycles. The second-order valence-electron chi connectivity index (χ2n) is 7.18. The molecular formula is C26H26BrFN2O5. The van der Waals surface area contributed by atoms with Crippen LogP contribution >= 0.6 is 15.9 Å². The first-order chi connectivity index (χ1) is 16.9. The van der Waals surface area contributed by atoms with Gasteiger partial charge in [0.05, 0.1) is 31.0 Å². The predicted molar refractivity (Wildman–Crippen MR) is 135 cm³/mol. The summed E-state index contributed by atoms with van der Waals surface area (Å²) >= 11 is 3.50. The lowest BCUT2D eigenvalue weighted by Crippen LogP contribution is -2.17. The van der Waals surface area contributed by atoms with Gasteiger partial charge in [0, 0.05) is 5.56 Å². The minimum absolute atomic E-state index is 0.172. The molecule has 184 valence electrons. The molecule has 0 aliphatic carbocycles. The van der Waals surface area contributed by atoms with Crippen molar-refractivity contribution in [2.75, 3.05) is 20.3 Å². The minimum atomic E-state index is -0.399. The summed E-state index contributed by atoms with van der Waals surface area (Å²) in [4.78, 5) is 12.5. The number of methoxy groups -OCH3 is 1. The van der Waals surface area contributed by atoms with E-state index in [-0.39, 0.29) is 12.4 Å². The maximum atomic E-state index is 13.5. The second kappa shape index (κ2) is 12.8. The number of amides is 1. The summed E-state index contributed by atoms with van der Waals surface area (Å²) in [7, 11) is 1.54. The zero-order chi connectivity index (χ0) is 25.2. The fourth-order valence-electron chi connectivity index (χ4n) is 3.16. The fourth-order valence-corrected chi connectivity index (χ4v) is 3.74. The topological polar surface area (TPSA) is 78.4 Å². The van der Waals surface area contributed by atoms with Crippen molar-refractivity contribution in [2.45, 2.75) is 20.5 Å². The molecule has 1 amide bonds. The van der Waals surface area contributed by atoms with Gasteiger partial charge in [0.2, 0.25) is 0 Å². The van der Waals surface area contributed by atoms with Gasteiger partial charge in [-0.2, -0.15) is 5.10 Å². The van der Waals surface area contributed by atoms with E-state index in [4.69, 9.17) is 18.9 Å². The maximum Gasteiger partial charge on any atom is 0.271 e. The number of halogens is 2. The van der Waals surface area contributed by atoms with E-state index in [0.29, 0.717) is 57.4 Å². The van der Waals surface area contributed by atoms with Gasteiger partial charge in [-0.1, -0.05) is 12.1 Å². The lowest BCUT2D eigenvalue weighted by Gasteiger charge is -2.14. The molecule has 0 aliphatic rings. The van der Waals surface area contributed by atoms with Crippen LogP contribution in [0.3, 0.4) is 0 Å². The molecule has 7 nitrogen and oxygen atoms in total. The van der Waals surface area contributed by atoms with Crippen LogP contribution in [0.25, 0.3) is 0 Å². The van der Waals surface area contributed by atoms with Crippen molar-refractivity contribution < 1.29 is 28.1 Å². The maximum absolute atomic E-state index is 13.5. The molecule has 0 atom stereocenters. The molecule has 0 spiro atoms. The standard InChI is InChI=1S/C26H26BrFN2O5/c1-4-33-23-14-19(9-10-22(23)32-3)26(31)30-29-15-18-12-21(27)25(24(13-18)34-5-2)35-16-17-7-6-8-20(28)11-17/h6-15H,4-5,16H2,1-3H3,(H,30,31)/b29-15+. The summed E-state index contributed by atoms with van der Waals surface area (Å²) < 4.78 is 36.4. The third-order valence-electron chi connectivity index (χ3n) is 4.71. The molecule has 3 aromatic rings. The zero-order valence-corrected chi connectivity index (χ0v) is 21.2. The number of benzene rings is 3. The first-order valence-electron chi connectivity index (χ1n) is 10.9. The van der Waals surface area contributed by atoms with Gasteiger partial charge in [0.25, 0.3) is 5.91 Å². The third-order valence-corrected chi connectivity index (χ3v) is 5.30. The van der Waals surface area contributed by atoms with Gasteiger partial charge in [0.1, 0.15) is 12.4 Å². The molecule has 0 saturated heterocycles. The Morgan fingerprint density at radius 3 is 2.49 bits per heavy atom. The lowest BCUT2D eigenvalue weighted by atomic mass is 10.2. The molecule has 0 bridgehead atoms. The molecule has 0 heterocycles. The molecule has 9 heteroatoms. The van der Waals surface area contributed by atoms with E-state index in [1.807, 2.05) is 13.8 Å². The molecule has 0 radical (unpaired) electrons. The van der Waals surface area contributed by atoms with Crippen LogP contribution in [0.15, 0.2) is 64.2 Å². The molecule has 0 saturated carbocycles. The monoisotopic (exact) mass is 544 g/mol. The molecule has 3 aromatic carbocycles. The summed E-state index contributed by atoms with van der Waals surface area (Å²) in [5, 5.41) is 4.06. The number of carbonyl (C=O) groups is 1. The summed E-state index contributed by atoms with van der Waals surface area (Å²) in [6.45, 7) is 4.74. The summed E-state index contributed by atoms with van der Waals surface area (Å²) in [6, 6.07) is 14.6. The average molecular weight is 545 g/mol. The van der Waals surface area contributed by atoms with Crippen LogP contribution < -0.4 is 24.4 Å². The first-order valence-corrected chi connectivity index (χ1v) is 11.7. The van der Waals surface area contributed by atoms with Crippen LogP contribution in [-0.2, 0) is 6.61 Å². The number of nitrogens with zero attached hydrogens (tertiary/aromatic N) is 1. The van der Waals surface area contributed by atoms with Crippen molar-refractivity contribution in [3.63, 3.8) is 0 Å². The Bertz CT molecular complexity index is 1200. The number of ether oxygens (including phenoxy) is 4. The quantitative estimate of drug-likeness (QED) is 0.246. The van der Waals surface area contributed by atoms with Crippen LogP contribution in [0.5, 0.6) is 23.0 Å². The van der Waals surface area contributed by atoms with E-state index in [1.54, 1.807) is 42.5 Å². The highest BCUT2D eigenvalue weighted by Crippen LogP contribution is 2.37. The number of carbonyl (C=O) groups excluding carboxylic acids is 1. The molecule has 1 N–H and O–H groups in total. The molecule has 3 rings (SSSR count). The highest BCUT2D eigenvalue weighted by Gasteiger charge is 2.13. The highest BCUT2D eigenvalue weighted by atomic mass is 79.9. The predicted octanol–water partition coefficient (Wildman–Crippen LogP) is 5.74. The SMILES string of the molecule is CCOc1cc(C(=O)N/N=C/c2cc(Br)c(OCc3cccc(F)c3)c(OCC)c2)ccc1OC. The average Bonchev–Trinajstić information content (AvgIpc) is 2.84. The van der Waals surface area contributed by atoms with Gasteiger partial charge in [-0.15, -0.1) is 0 Å². The normalized spacial score (nSPS) is 10.8. The lowest BCUT2D eigenvalue weighted by molar-refractivity contribution is 0.0954. The smallest absolute Gasteiger partial charge is 0.271 e. The molecule has 0 unspecified atom stereocenters. The van der Waals surface area contributed by atoms with Crippen LogP contribution in [0, 0.1) is 5.82 Å². The van der Waals surface area contributed by atoms with Crippen LogP contribution in [-0.4, -0.2) is 32.4 Å². The fraction of sp³-hybridized carbons (Fsp3) is 0.231. The van der Waals surface area contributed by atoms with Crippen LogP contribution in [0.2, 0.25) is 0 Å². The summed E-state index contributed by atoms with van der Waals surface area (Å²) in [6.07, 6.45) is 1.49. The van der Waals surface area contributed by atoms with E-state index in [1.165, 1.54) is 25.5 Å². The van der Waals surface area contributed by atoms with E-state index < -0.39 is 5.91 Å². The number of hydrogen-bond donors (Lipinski definition) is 1. The molecule has 35 heavy (non-hydrogen) atoms. The van der Waals surface area contributed by atoms with Crippen molar-refractivity contribution >= 4 is 28.1 Å². The Kier molecular flexibility index (Phi) is 9.48. The Labute approximate surface area is 212 Å². The van der Waals surface area contributed by atoms with Gasteiger partial charge >= 0.3 is 0 Å². The highest BCUT2D eigenvalue weighted by molar-refractivity contribution is 9.10. The van der Waals surface area contributed by atoms with E-state index in [9.17, 15) is 9.18 Å². The van der Waals surface area contributed by atoms with E-state index in [0.717, 1.165) is 0 Å². The molecular weight excluding hydrogens is 519 g/mol. The van der Waals surface area contributed by atoms with Crippen molar-refractivity contribution in [3.8, 4) is 23.0 Å². The Balaban J connectivity index is 1.72. The summed E-state index contributed by atoms with van der Waals surface area (Å²) in [5.74, 6) is 1.27. The molecule has 0 aliphatic heterocycles. The van der Waals surface area contributed by atoms with Crippen molar-refractivity contribution in [1.29, 1.82) is 0 Å². The third kappa shape index (κ3) is 7.19. The largest absolute Gasteiger partial charge is 0.493 e. The number of nitrogens with one attached hydrogen (secondary N) is 1. The van der Waals surface area contributed by atoms with Crippen molar-refractivity contribution in [3.05, 3.63) is 81.6 Å². The second-order valence-corrected chi connectivity index (χ2v) is 8.03. The summed E-state index contributed by atoms with van der Waals surface area (Å²) in [5.41, 5.74) is 4.24. The zero-order valence-electron chi connectivity index (χ0n) is 19.6. The van der Waals surface area contributed by atoms with E-state index >= 15 is 0 Å². The van der Waals surface area contributed by atoms with Crippen molar-refractivity contribution in [1.82, 2.24) is 5.43 Å². The van der Waals surface area contributed by atoms with Gasteiger partial charge in [0.15, 0.2) is 23.0 Å². The molecule has 0 fully saturated rings. The Morgan fingerprint density at radius 2 is 1.77 bits per heavy atom. The van der Waals surface area contributed by atoms with Crippen molar-refractivity contribution in [2.24, 2.45) is 5.10 Å². The minimum Gasteiger partial charge on any atom is -0.493 e. The number of hydrogen-bond acceptors (Lipinski definition) is 6. The van der Waals surface area contributed by atoms with Crippen LogP contribution in [0.1, 0.15) is 35.3 Å². The van der Waals surface area contributed by atoms with Gasteiger partial charge < -0.3 is 18.9 Å². The Hall–Kier alpha value is -3.59.